The molecule has 0 aliphatic heterocycles. The van der Waals surface area contributed by atoms with E-state index in [1.165, 1.54) is 17.5 Å². The van der Waals surface area contributed by atoms with Crippen molar-refractivity contribution in [3.63, 3.8) is 0 Å². The lowest BCUT2D eigenvalue weighted by Crippen LogP contribution is -2.23. The molecule has 2 aliphatic carbocycles. The lowest BCUT2D eigenvalue weighted by Gasteiger charge is -2.07. The van der Waals surface area contributed by atoms with E-state index in [1.807, 2.05) is 6.07 Å². The summed E-state index contributed by atoms with van der Waals surface area (Å²) in [4.78, 5) is 4.08. The summed E-state index contributed by atoms with van der Waals surface area (Å²) >= 11 is 0. The van der Waals surface area contributed by atoms with Gasteiger partial charge < -0.3 is 11.1 Å². The second-order valence-electron chi connectivity index (χ2n) is 5.28. The third kappa shape index (κ3) is 3.39. The monoisotopic (exact) mass is 393 g/mol. The topological polar surface area (TPSA) is 50.4 Å². The largest absolute Gasteiger partial charge is 0.370 e. The molecule has 1 aromatic rings. The van der Waals surface area contributed by atoms with Gasteiger partial charge in [0.25, 0.3) is 0 Å². The molecule has 110 valence electrons. The van der Waals surface area contributed by atoms with Crippen LogP contribution in [0.3, 0.4) is 0 Å². The number of aryl methyl sites for hydroxylation is 2. The van der Waals surface area contributed by atoms with Crippen LogP contribution in [0.25, 0.3) is 0 Å². The van der Waals surface area contributed by atoms with Gasteiger partial charge in [-0.05, 0) is 48.9 Å². The van der Waals surface area contributed by atoms with E-state index in [2.05, 4.69) is 22.4 Å². The highest BCUT2D eigenvalue weighted by molar-refractivity contribution is 14.0. The molecule has 6 heteroatoms. The van der Waals surface area contributed by atoms with Crippen LogP contribution >= 0.6 is 24.0 Å². The Morgan fingerprint density at radius 1 is 1.30 bits per heavy atom. The summed E-state index contributed by atoms with van der Waals surface area (Å²) < 4.78 is 24.7. The van der Waals surface area contributed by atoms with Crippen LogP contribution < -0.4 is 11.1 Å². The first-order valence-corrected chi connectivity index (χ1v) is 6.64. The molecule has 0 heterocycles. The maximum absolute atomic E-state index is 12.4. The second kappa shape index (κ2) is 6.24. The fourth-order valence-corrected chi connectivity index (χ4v) is 2.63. The Morgan fingerprint density at radius 3 is 2.75 bits per heavy atom. The van der Waals surface area contributed by atoms with Gasteiger partial charge in [-0.3, -0.25) is 0 Å². The normalized spacial score (nSPS) is 24.2. The SMILES string of the molecule is I.NC(=N[C@H]1C[C@@H]1C(F)F)Nc1ccc2c(c1)CCC2. The van der Waals surface area contributed by atoms with Crippen molar-refractivity contribution < 1.29 is 8.78 Å². The van der Waals surface area contributed by atoms with E-state index in [0.717, 1.165) is 18.5 Å². The van der Waals surface area contributed by atoms with Crippen molar-refractivity contribution in [3.8, 4) is 0 Å². The number of anilines is 1. The summed E-state index contributed by atoms with van der Waals surface area (Å²) in [6.07, 6.45) is 1.57. The first kappa shape index (κ1) is 15.5. The van der Waals surface area contributed by atoms with E-state index in [9.17, 15) is 8.78 Å². The summed E-state index contributed by atoms with van der Waals surface area (Å²) in [5.74, 6) is -0.383. The Balaban J connectivity index is 0.00000147. The van der Waals surface area contributed by atoms with Gasteiger partial charge in [0.15, 0.2) is 5.96 Å². The number of nitrogens with zero attached hydrogens (tertiary/aromatic N) is 1. The number of hydrogen-bond donors (Lipinski definition) is 2. The molecule has 0 amide bonds. The summed E-state index contributed by atoms with van der Waals surface area (Å²) in [5.41, 5.74) is 9.37. The first-order chi connectivity index (χ1) is 9.13. The molecule has 0 spiro atoms. The average Bonchev–Trinajstić information content (AvgIpc) is 2.97. The fraction of sp³-hybridized carbons (Fsp3) is 0.500. The molecule has 1 aromatic carbocycles. The van der Waals surface area contributed by atoms with Crippen LogP contribution in [-0.4, -0.2) is 18.4 Å². The smallest absolute Gasteiger partial charge is 0.243 e. The molecule has 3 rings (SSSR count). The highest BCUT2D eigenvalue weighted by Gasteiger charge is 2.44. The van der Waals surface area contributed by atoms with Gasteiger partial charge in [0.2, 0.25) is 6.43 Å². The van der Waals surface area contributed by atoms with Gasteiger partial charge in [-0.1, -0.05) is 6.07 Å². The Bertz CT molecular complexity index is 519. The highest BCUT2D eigenvalue weighted by atomic mass is 127. The van der Waals surface area contributed by atoms with Gasteiger partial charge in [-0.15, -0.1) is 24.0 Å². The number of aliphatic imine (C=N–C) groups is 1. The van der Waals surface area contributed by atoms with Crippen molar-refractivity contribution in [1.29, 1.82) is 0 Å². The number of alkyl halides is 2. The van der Waals surface area contributed by atoms with E-state index < -0.39 is 12.3 Å². The third-order valence-electron chi connectivity index (χ3n) is 3.80. The van der Waals surface area contributed by atoms with Crippen LogP contribution in [-0.2, 0) is 12.8 Å². The first-order valence-electron chi connectivity index (χ1n) is 6.64. The molecule has 0 aromatic heterocycles. The van der Waals surface area contributed by atoms with Crippen molar-refractivity contribution >= 4 is 35.6 Å². The second-order valence-corrected chi connectivity index (χ2v) is 5.28. The average molecular weight is 393 g/mol. The zero-order chi connectivity index (χ0) is 13.4. The van der Waals surface area contributed by atoms with E-state index in [4.69, 9.17) is 5.73 Å². The minimum absolute atomic E-state index is 0. The maximum Gasteiger partial charge on any atom is 0.243 e. The van der Waals surface area contributed by atoms with Crippen LogP contribution in [0.4, 0.5) is 14.5 Å². The standard InChI is InChI=1S/C14H17F2N3.HI/c15-13(16)11-7-12(11)19-14(17)18-10-5-4-8-2-1-3-9(8)6-10;/h4-6,11-13H,1-3,7H2,(H3,17,18,19);1H/t11-,12-;/m0./s1. The predicted octanol–water partition coefficient (Wildman–Crippen LogP) is 3.17. The van der Waals surface area contributed by atoms with Gasteiger partial charge >= 0.3 is 0 Å². The molecular weight excluding hydrogens is 375 g/mol. The van der Waals surface area contributed by atoms with Crippen LogP contribution in [0.15, 0.2) is 23.2 Å². The molecule has 20 heavy (non-hydrogen) atoms. The van der Waals surface area contributed by atoms with E-state index in [1.54, 1.807) is 0 Å². The van der Waals surface area contributed by atoms with Gasteiger partial charge in [-0.25, -0.2) is 13.8 Å². The quantitative estimate of drug-likeness (QED) is 0.471. The molecular formula is C14H18F2IN3. The van der Waals surface area contributed by atoms with Crippen molar-refractivity contribution in [2.45, 2.75) is 38.2 Å². The maximum atomic E-state index is 12.4. The number of fused-ring (bicyclic) bond motifs is 1. The predicted molar refractivity (Wildman–Crippen MR) is 87.0 cm³/mol. The van der Waals surface area contributed by atoms with E-state index in [0.29, 0.717) is 6.42 Å². The number of rotatable bonds is 3. The number of benzene rings is 1. The van der Waals surface area contributed by atoms with E-state index >= 15 is 0 Å². The summed E-state index contributed by atoms with van der Waals surface area (Å²) in [6.45, 7) is 0. The fourth-order valence-electron chi connectivity index (χ4n) is 2.63. The number of halogens is 3. The molecule has 1 fully saturated rings. The Kier molecular flexibility index (Phi) is 4.82. The molecule has 3 N–H and O–H groups in total. The Hall–Kier alpha value is -0.920. The molecule has 0 radical (unpaired) electrons. The Labute approximate surface area is 134 Å². The molecule has 3 nitrogen and oxygen atoms in total. The molecule has 0 saturated heterocycles. The molecule has 0 bridgehead atoms. The van der Waals surface area contributed by atoms with Crippen LogP contribution in [0.5, 0.6) is 0 Å². The summed E-state index contributed by atoms with van der Waals surface area (Å²) in [5, 5.41) is 2.99. The van der Waals surface area contributed by atoms with Crippen molar-refractivity contribution in [2.24, 2.45) is 16.6 Å². The van der Waals surface area contributed by atoms with Gasteiger partial charge in [0.1, 0.15) is 0 Å². The van der Waals surface area contributed by atoms with Crippen LogP contribution in [0, 0.1) is 5.92 Å². The van der Waals surface area contributed by atoms with Gasteiger partial charge in [0.05, 0.1) is 6.04 Å². The Morgan fingerprint density at radius 2 is 2.05 bits per heavy atom. The van der Waals surface area contributed by atoms with Gasteiger partial charge in [-0.2, -0.15) is 0 Å². The third-order valence-corrected chi connectivity index (χ3v) is 3.80. The number of guanidine groups is 1. The molecule has 2 atom stereocenters. The van der Waals surface area contributed by atoms with Crippen LogP contribution in [0.1, 0.15) is 24.0 Å². The summed E-state index contributed by atoms with van der Waals surface area (Å²) in [7, 11) is 0. The molecule has 2 aliphatic rings. The summed E-state index contributed by atoms with van der Waals surface area (Å²) in [6, 6.07) is 5.81. The van der Waals surface area contributed by atoms with Crippen molar-refractivity contribution in [2.75, 3.05) is 5.32 Å². The molecule has 0 unspecified atom stereocenters. The minimum atomic E-state index is -2.29. The van der Waals surface area contributed by atoms with Gasteiger partial charge in [0, 0.05) is 11.6 Å². The van der Waals surface area contributed by atoms with Crippen molar-refractivity contribution in [1.82, 2.24) is 0 Å². The number of nitrogens with two attached hydrogens (primary N) is 1. The number of nitrogens with one attached hydrogen (secondary N) is 1. The number of hydrogen-bond acceptors (Lipinski definition) is 1. The minimum Gasteiger partial charge on any atom is -0.370 e. The molecule has 1 saturated carbocycles. The van der Waals surface area contributed by atoms with Crippen LogP contribution in [0.2, 0.25) is 0 Å². The lowest BCUT2D eigenvalue weighted by molar-refractivity contribution is 0.121. The lowest BCUT2D eigenvalue weighted by atomic mass is 10.1. The highest BCUT2D eigenvalue weighted by Crippen LogP contribution is 2.38. The van der Waals surface area contributed by atoms with E-state index in [-0.39, 0.29) is 36.0 Å². The van der Waals surface area contributed by atoms with Crippen molar-refractivity contribution in [3.05, 3.63) is 29.3 Å². The zero-order valence-electron chi connectivity index (χ0n) is 11.0. The zero-order valence-corrected chi connectivity index (χ0v) is 13.3.